The van der Waals surface area contributed by atoms with Crippen molar-refractivity contribution in [1.29, 1.82) is 0 Å². The van der Waals surface area contributed by atoms with Crippen molar-refractivity contribution in [3.63, 3.8) is 0 Å². The van der Waals surface area contributed by atoms with Crippen LogP contribution in [0, 0.1) is 0 Å². The van der Waals surface area contributed by atoms with E-state index in [1.165, 1.54) is 0 Å². The van der Waals surface area contributed by atoms with E-state index in [0.29, 0.717) is 4.47 Å². The molecule has 1 heterocycles. The van der Waals surface area contributed by atoms with Gasteiger partial charge in [0.15, 0.2) is 0 Å². The molecule has 68 valence electrons. The Bertz CT molecular complexity index is 378. The van der Waals surface area contributed by atoms with Gasteiger partial charge in [0.05, 0.1) is 15.5 Å². The number of fused-ring (bicyclic) bond motifs is 1. The first-order valence-corrected chi connectivity index (χ1v) is 5.10. The van der Waals surface area contributed by atoms with Crippen molar-refractivity contribution < 1.29 is 5.11 Å². The van der Waals surface area contributed by atoms with Gasteiger partial charge in [-0.2, -0.15) is 0 Å². The molecule has 0 bridgehead atoms. The number of aliphatic imine (C=N–C) groups is 1. The molecule has 1 aromatic rings. The Labute approximate surface area is 89.4 Å². The van der Waals surface area contributed by atoms with Crippen LogP contribution < -0.4 is 0 Å². The van der Waals surface area contributed by atoms with Crippen molar-refractivity contribution in [3.8, 4) is 5.75 Å². The zero-order valence-electron chi connectivity index (χ0n) is 6.67. The summed E-state index contributed by atoms with van der Waals surface area (Å²) in [7, 11) is 0. The number of alkyl halides is 1. The molecule has 2 rings (SSSR count). The number of phenolic OH excluding ortho intramolecular Hbond substituents is 1. The summed E-state index contributed by atoms with van der Waals surface area (Å²) >= 11 is 9.32. The second-order valence-electron chi connectivity index (χ2n) is 2.88. The highest BCUT2D eigenvalue weighted by Crippen LogP contribution is 2.40. The highest BCUT2D eigenvalue weighted by molar-refractivity contribution is 9.10. The van der Waals surface area contributed by atoms with E-state index in [1.54, 1.807) is 12.3 Å². The first kappa shape index (κ1) is 9.03. The number of aromatic hydroxyl groups is 1. The fourth-order valence-corrected chi connectivity index (χ4v) is 1.91. The van der Waals surface area contributed by atoms with E-state index in [9.17, 15) is 5.11 Å². The number of rotatable bonds is 0. The lowest BCUT2D eigenvalue weighted by atomic mass is 10.0. The molecule has 1 N–H and O–H groups in total. The maximum absolute atomic E-state index is 9.40. The zero-order chi connectivity index (χ0) is 9.42. The van der Waals surface area contributed by atoms with Crippen molar-refractivity contribution in [1.82, 2.24) is 0 Å². The number of nitrogens with zero attached hydrogens (tertiary/aromatic N) is 1. The van der Waals surface area contributed by atoms with Crippen molar-refractivity contribution in [2.45, 2.75) is 11.8 Å². The first-order valence-electron chi connectivity index (χ1n) is 3.87. The third kappa shape index (κ3) is 1.58. The van der Waals surface area contributed by atoms with Gasteiger partial charge in [0.1, 0.15) is 5.75 Å². The minimum Gasteiger partial charge on any atom is -0.507 e. The van der Waals surface area contributed by atoms with Crippen molar-refractivity contribution in [2.75, 3.05) is 0 Å². The average Bonchev–Trinajstić information content (AvgIpc) is 2.09. The molecule has 4 heteroatoms. The van der Waals surface area contributed by atoms with Crippen LogP contribution in [0.25, 0.3) is 0 Å². The molecular formula is C9H7BrClNO. The van der Waals surface area contributed by atoms with Crippen LogP contribution in [-0.4, -0.2) is 11.3 Å². The monoisotopic (exact) mass is 259 g/mol. The lowest BCUT2D eigenvalue weighted by molar-refractivity contribution is 0.472. The van der Waals surface area contributed by atoms with E-state index in [1.807, 2.05) is 6.07 Å². The second kappa shape index (κ2) is 3.31. The Hall–Kier alpha value is -0.540. The normalized spacial score (nSPS) is 20.0. The molecular weight excluding hydrogens is 253 g/mol. The Kier molecular flexibility index (Phi) is 2.30. The number of halogens is 2. The van der Waals surface area contributed by atoms with Crippen LogP contribution in [0.4, 0.5) is 5.69 Å². The average molecular weight is 261 g/mol. The molecule has 0 amide bonds. The van der Waals surface area contributed by atoms with Crippen LogP contribution in [0.3, 0.4) is 0 Å². The third-order valence-electron chi connectivity index (χ3n) is 1.98. The quantitative estimate of drug-likeness (QED) is 0.711. The zero-order valence-corrected chi connectivity index (χ0v) is 9.01. The van der Waals surface area contributed by atoms with E-state index in [-0.39, 0.29) is 11.1 Å². The van der Waals surface area contributed by atoms with E-state index in [4.69, 9.17) is 11.6 Å². The molecule has 0 aliphatic carbocycles. The molecule has 0 fully saturated rings. The van der Waals surface area contributed by atoms with Crippen molar-refractivity contribution in [2.24, 2.45) is 4.99 Å². The summed E-state index contributed by atoms with van der Waals surface area (Å²) in [5.41, 5.74) is 1.72. The number of phenols is 1. The molecule has 2 nitrogen and oxygen atoms in total. The SMILES string of the molecule is Oc1cc2c(cc1Br)C(Cl)CC=N2. The fourth-order valence-electron chi connectivity index (χ4n) is 1.30. The van der Waals surface area contributed by atoms with Crippen LogP contribution in [0.5, 0.6) is 5.75 Å². The van der Waals surface area contributed by atoms with Crippen LogP contribution in [0.1, 0.15) is 17.4 Å². The minimum atomic E-state index is -0.0376. The van der Waals surface area contributed by atoms with E-state index >= 15 is 0 Å². The third-order valence-corrected chi connectivity index (χ3v) is 3.02. The van der Waals surface area contributed by atoms with Crippen molar-refractivity contribution >= 4 is 39.4 Å². The Balaban J connectivity index is 2.60. The fraction of sp³-hybridized carbons (Fsp3) is 0.222. The first-order chi connectivity index (χ1) is 6.18. The largest absolute Gasteiger partial charge is 0.507 e. The van der Waals surface area contributed by atoms with Gasteiger partial charge >= 0.3 is 0 Å². The van der Waals surface area contributed by atoms with Gasteiger partial charge in [0, 0.05) is 18.7 Å². The molecule has 1 aliphatic rings. The van der Waals surface area contributed by atoms with Gasteiger partial charge in [-0.25, -0.2) is 0 Å². The molecule has 1 aromatic carbocycles. The molecule has 1 aliphatic heterocycles. The van der Waals surface area contributed by atoms with E-state index in [2.05, 4.69) is 20.9 Å². The Morgan fingerprint density at radius 3 is 3.08 bits per heavy atom. The Morgan fingerprint density at radius 2 is 2.31 bits per heavy atom. The summed E-state index contributed by atoms with van der Waals surface area (Å²) in [6.07, 6.45) is 2.51. The molecule has 13 heavy (non-hydrogen) atoms. The maximum atomic E-state index is 9.40. The molecule has 0 aromatic heterocycles. The van der Waals surface area contributed by atoms with Crippen molar-refractivity contribution in [3.05, 3.63) is 22.2 Å². The molecule has 0 saturated heterocycles. The van der Waals surface area contributed by atoms with Crippen LogP contribution >= 0.6 is 27.5 Å². The highest BCUT2D eigenvalue weighted by Gasteiger charge is 2.17. The molecule has 0 radical (unpaired) electrons. The summed E-state index contributed by atoms with van der Waals surface area (Å²) in [6.45, 7) is 0. The van der Waals surface area contributed by atoms with Gasteiger partial charge in [-0.05, 0) is 27.6 Å². The van der Waals surface area contributed by atoms with Gasteiger partial charge in [-0.15, -0.1) is 11.6 Å². The number of benzene rings is 1. The van der Waals surface area contributed by atoms with Crippen LogP contribution in [0.15, 0.2) is 21.6 Å². The lowest BCUT2D eigenvalue weighted by Crippen LogP contribution is -1.97. The van der Waals surface area contributed by atoms with Gasteiger partial charge in [-0.1, -0.05) is 0 Å². The summed E-state index contributed by atoms with van der Waals surface area (Å²) in [5.74, 6) is 0.196. The Morgan fingerprint density at radius 1 is 1.54 bits per heavy atom. The van der Waals surface area contributed by atoms with Gasteiger partial charge in [-0.3, -0.25) is 4.99 Å². The summed E-state index contributed by atoms with van der Waals surface area (Å²) in [6, 6.07) is 3.43. The molecule has 0 spiro atoms. The molecule has 1 atom stereocenters. The summed E-state index contributed by atoms with van der Waals surface area (Å²) in [5, 5.41) is 9.36. The van der Waals surface area contributed by atoms with Gasteiger partial charge < -0.3 is 5.11 Å². The minimum absolute atomic E-state index is 0.0376. The predicted octanol–water partition coefficient (Wildman–Crippen LogP) is 3.54. The van der Waals surface area contributed by atoms with Crippen LogP contribution in [-0.2, 0) is 0 Å². The van der Waals surface area contributed by atoms with Gasteiger partial charge in [0.2, 0.25) is 0 Å². The molecule has 0 saturated carbocycles. The topological polar surface area (TPSA) is 32.6 Å². The molecule has 1 unspecified atom stereocenters. The second-order valence-corrected chi connectivity index (χ2v) is 4.26. The number of hydrogen-bond donors (Lipinski definition) is 1. The summed E-state index contributed by atoms with van der Waals surface area (Å²) < 4.78 is 0.661. The lowest BCUT2D eigenvalue weighted by Gasteiger charge is -2.15. The standard InChI is InChI=1S/C9H7BrClNO/c10-6-3-5-7(11)1-2-12-8(5)4-9(6)13/h2-4,7,13H,1H2. The smallest absolute Gasteiger partial charge is 0.131 e. The predicted molar refractivity (Wildman–Crippen MR) is 57.2 cm³/mol. The van der Waals surface area contributed by atoms with Crippen LogP contribution in [0.2, 0.25) is 0 Å². The number of hydrogen-bond acceptors (Lipinski definition) is 2. The maximum Gasteiger partial charge on any atom is 0.131 e. The van der Waals surface area contributed by atoms with Gasteiger partial charge in [0.25, 0.3) is 0 Å². The summed E-state index contributed by atoms with van der Waals surface area (Å²) in [4.78, 5) is 4.16. The van der Waals surface area contributed by atoms with E-state index < -0.39 is 0 Å². The van der Waals surface area contributed by atoms with E-state index in [0.717, 1.165) is 17.7 Å². The highest BCUT2D eigenvalue weighted by atomic mass is 79.9.